The van der Waals surface area contributed by atoms with E-state index in [9.17, 15) is 24.8 Å². The second-order valence-electron chi connectivity index (χ2n) is 7.42. The number of hydrogen-bond donors (Lipinski definition) is 1. The Bertz CT molecular complexity index is 798. The third kappa shape index (κ3) is 3.05. The number of carboxylic acid groups (broad SMARTS) is 1. The fraction of sp³-hybridized carbons (Fsp3) is 0.474. The van der Waals surface area contributed by atoms with Crippen molar-refractivity contribution >= 4 is 23.3 Å². The van der Waals surface area contributed by atoms with Gasteiger partial charge < -0.3 is 14.9 Å². The Balaban J connectivity index is 1.40. The van der Waals surface area contributed by atoms with Crippen LogP contribution in [0.3, 0.4) is 0 Å². The van der Waals surface area contributed by atoms with E-state index in [1.54, 1.807) is 17.0 Å². The lowest BCUT2D eigenvalue weighted by atomic mass is 9.82. The zero-order chi connectivity index (χ0) is 19.1. The van der Waals surface area contributed by atoms with Gasteiger partial charge in [-0.2, -0.15) is 0 Å². The molecular formula is C19H21N3O5. The molecule has 1 saturated carbocycles. The molecular weight excluding hydrogens is 350 g/mol. The highest BCUT2D eigenvalue weighted by Gasteiger charge is 2.52. The number of allylic oxidation sites excluding steroid dienone is 2. The number of carboxylic acids is 1. The molecule has 0 aromatic heterocycles. The van der Waals surface area contributed by atoms with Crippen molar-refractivity contribution in [2.45, 2.75) is 6.42 Å². The monoisotopic (exact) mass is 371 g/mol. The molecule has 1 aromatic carbocycles. The van der Waals surface area contributed by atoms with Crippen molar-refractivity contribution in [3.05, 3.63) is 46.5 Å². The average Bonchev–Trinajstić information content (AvgIpc) is 3.29. The predicted molar refractivity (Wildman–Crippen MR) is 97.2 cm³/mol. The van der Waals surface area contributed by atoms with Crippen LogP contribution in [0.2, 0.25) is 0 Å². The van der Waals surface area contributed by atoms with Gasteiger partial charge in [-0.05, 0) is 30.4 Å². The Labute approximate surface area is 156 Å². The molecule has 0 spiro atoms. The maximum atomic E-state index is 13.0. The average molecular weight is 371 g/mol. The molecule has 4 atom stereocenters. The minimum Gasteiger partial charge on any atom is -0.481 e. The molecule has 0 radical (unpaired) electrons. The SMILES string of the molecule is O=C(O)[C@H]1[C@@H](C(=O)N2CCN(c3ccc([N+](=O)[O-])cc3)CC2)[C@H]2C=C[C@H]1C2. The minimum absolute atomic E-state index is 0.0251. The number of nitro benzene ring substituents is 1. The second-order valence-corrected chi connectivity index (χ2v) is 7.42. The summed E-state index contributed by atoms with van der Waals surface area (Å²) in [5.41, 5.74) is 0.940. The zero-order valence-corrected chi connectivity index (χ0v) is 14.7. The van der Waals surface area contributed by atoms with Crippen LogP contribution in [-0.4, -0.2) is 53.0 Å². The van der Waals surface area contributed by atoms with E-state index in [0.29, 0.717) is 26.2 Å². The molecule has 2 aliphatic carbocycles. The molecule has 1 heterocycles. The Morgan fingerprint density at radius 1 is 1.00 bits per heavy atom. The Hall–Kier alpha value is -2.90. The molecule has 8 nitrogen and oxygen atoms in total. The number of benzene rings is 1. The molecule has 8 heteroatoms. The topological polar surface area (TPSA) is 104 Å². The summed E-state index contributed by atoms with van der Waals surface area (Å²) in [7, 11) is 0. The van der Waals surface area contributed by atoms with Gasteiger partial charge >= 0.3 is 5.97 Å². The smallest absolute Gasteiger partial charge is 0.307 e. The van der Waals surface area contributed by atoms with Gasteiger partial charge in [-0.1, -0.05) is 12.2 Å². The predicted octanol–water partition coefficient (Wildman–Crippen LogP) is 1.77. The minimum atomic E-state index is -0.880. The molecule has 2 bridgehead atoms. The fourth-order valence-corrected chi connectivity index (χ4v) is 4.68. The van der Waals surface area contributed by atoms with E-state index in [2.05, 4.69) is 4.90 Å². The molecule has 0 unspecified atom stereocenters. The zero-order valence-electron chi connectivity index (χ0n) is 14.7. The highest BCUT2D eigenvalue weighted by Crippen LogP contribution is 2.48. The first kappa shape index (κ1) is 17.5. The Morgan fingerprint density at radius 2 is 1.59 bits per heavy atom. The van der Waals surface area contributed by atoms with Crippen molar-refractivity contribution in [3.63, 3.8) is 0 Å². The van der Waals surface area contributed by atoms with Crippen LogP contribution in [-0.2, 0) is 9.59 Å². The van der Waals surface area contributed by atoms with Gasteiger partial charge in [-0.3, -0.25) is 19.7 Å². The summed E-state index contributed by atoms with van der Waals surface area (Å²) < 4.78 is 0. The number of carbonyl (C=O) groups excluding carboxylic acids is 1. The standard InChI is InChI=1S/C19H21N3O5/c23-18(16-12-1-2-13(11-12)17(16)19(24)25)21-9-7-20(8-10-21)14-3-5-15(6-4-14)22(26)27/h1-6,12-13,16-17H,7-11H2,(H,24,25)/t12-,13-,16-,17+/m0/s1. The van der Waals surface area contributed by atoms with E-state index < -0.39 is 22.7 Å². The number of anilines is 1. The molecule has 27 heavy (non-hydrogen) atoms. The van der Waals surface area contributed by atoms with Gasteiger partial charge in [0.05, 0.1) is 16.8 Å². The quantitative estimate of drug-likeness (QED) is 0.491. The molecule has 2 fully saturated rings. The third-order valence-electron chi connectivity index (χ3n) is 6.05. The van der Waals surface area contributed by atoms with Crippen molar-refractivity contribution in [2.24, 2.45) is 23.7 Å². The van der Waals surface area contributed by atoms with E-state index in [1.807, 2.05) is 12.2 Å². The van der Waals surface area contributed by atoms with Crippen LogP contribution < -0.4 is 4.90 Å². The fourth-order valence-electron chi connectivity index (χ4n) is 4.68. The lowest BCUT2D eigenvalue weighted by Gasteiger charge is -2.38. The van der Waals surface area contributed by atoms with Crippen molar-refractivity contribution < 1.29 is 19.6 Å². The molecule has 4 rings (SSSR count). The number of nitrogens with zero attached hydrogens (tertiary/aromatic N) is 3. The summed E-state index contributed by atoms with van der Waals surface area (Å²) in [6.45, 7) is 2.30. The summed E-state index contributed by atoms with van der Waals surface area (Å²) in [6.07, 6.45) is 4.70. The highest BCUT2D eigenvalue weighted by atomic mass is 16.6. The van der Waals surface area contributed by atoms with Crippen LogP contribution in [0, 0.1) is 33.8 Å². The van der Waals surface area contributed by atoms with Gasteiger partial charge in [0.25, 0.3) is 5.69 Å². The lowest BCUT2D eigenvalue weighted by molar-refractivity contribution is -0.384. The van der Waals surface area contributed by atoms with Gasteiger partial charge in [0.2, 0.25) is 5.91 Å². The van der Waals surface area contributed by atoms with Gasteiger partial charge in [0.15, 0.2) is 0 Å². The van der Waals surface area contributed by atoms with Crippen molar-refractivity contribution in [3.8, 4) is 0 Å². The van der Waals surface area contributed by atoms with E-state index >= 15 is 0 Å². The number of fused-ring (bicyclic) bond motifs is 2. The molecule has 1 N–H and O–H groups in total. The summed E-state index contributed by atoms with van der Waals surface area (Å²) in [5.74, 6) is -1.99. The number of aliphatic carboxylic acids is 1. The van der Waals surface area contributed by atoms with Crippen LogP contribution in [0.25, 0.3) is 0 Å². The van der Waals surface area contributed by atoms with E-state index in [1.165, 1.54) is 12.1 Å². The molecule has 1 amide bonds. The molecule has 1 aromatic rings. The number of amides is 1. The number of piperazine rings is 1. The number of hydrogen-bond acceptors (Lipinski definition) is 5. The van der Waals surface area contributed by atoms with Crippen LogP contribution in [0.15, 0.2) is 36.4 Å². The number of nitro groups is 1. The summed E-state index contributed by atoms with van der Waals surface area (Å²) in [6, 6.07) is 6.39. The van der Waals surface area contributed by atoms with Gasteiger partial charge in [-0.25, -0.2) is 0 Å². The number of rotatable bonds is 4. The van der Waals surface area contributed by atoms with Gasteiger partial charge in [0, 0.05) is 44.0 Å². The number of non-ortho nitro benzene ring substituents is 1. The molecule has 1 saturated heterocycles. The molecule has 3 aliphatic rings. The first-order valence-corrected chi connectivity index (χ1v) is 9.15. The Kier molecular flexibility index (Phi) is 4.33. The molecule has 1 aliphatic heterocycles. The Morgan fingerprint density at radius 3 is 2.15 bits per heavy atom. The van der Waals surface area contributed by atoms with Crippen LogP contribution in [0.5, 0.6) is 0 Å². The first-order chi connectivity index (χ1) is 13.0. The molecule has 142 valence electrons. The van der Waals surface area contributed by atoms with Crippen molar-refractivity contribution in [1.82, 2.24) is 4.90 Å². The van der Waals surface area contributed by atoms with Crippen molar-refractivity contribution in [2.75, 3.05) is 31.1 Å². The van der Waals surface area contributed by atoms with Gasteiger partial charge in [-0.15, -0.1) is 0 Å². The van der Waals surface area contributed by atoms with Crippen LogP contribution in [0.4, 0.5) is 11.4 Å². The maximum Gasteiger partial charge on any atom is 0.307 e. The summed E-state index contributed by atoms with van der Waals surface area (Å²) in [5, 5.41) is 20.3. The van der Waals surface area contributed by atoms with Crippen molar-refractivity contribution in [1.29, 1.82) is 0 Å². The maximum absolute atomic E-state index is 13.0. The summed E-state index contributed by atoms with van der Waals surface area (Å²) >= 11 is 0. The number of carbonyl (C=O) groups is 2. The van der Waals surface area contributed by atoms with Gasteiger partial charge in [0.1, 0.15) is 0 Å². The lowest BCUT2D eigenvalue weighted by Crippen LogP contribution is -2.52. The third-order valence-corrected chi connectivity index (χ3v) is 6.05. The largest absolute Gasteiger partial charge is 0.481 e. The van der Waals surface area contributed by atoms with Crippen LogP contribution in [0.1, 0.15) is 6.42 Å². The second kappa shape index (κ2) is 6.68. The van der Waals surface area contributed by atoms with E-state index in [4.69, 9.17) is 0 Å². The van der Waals surface area contributed by atoms with Crippen LogP contribution >= 0.6 is 0 Å². The van der Waals surface area contributed by atoms with E-state index in [0.717, 1.165) is 12.1 Å². The normalized spacial score (nSPS) is 29.2. The van der Waals surface area contributed by atoms with E-state index in [-0.39, 0.29) is 23.4 Å². The highest BCUT2D eigenvalue weighted by molar-refractivity contribution is 5.87. The summed E-state index contributed by atoms with van der Waals surface area (Å²) in [4.78, 5) is 38.8. The first-order valence-electron chi connectivity index (χ1n) is 9.15.